The summed E-state index contributed by atoms with van der Waals surface area (Å²) in [6.07, 6.45) is -8.72. The van der Waals surface area contributed by atoms with Crippen molar-refractivity contribution in [2.24, 2.45) is 15.7 Å². The molecule has 6 rings (SSSR count). The van der Waals surface area contributed by atoms with Gasteiger partial charge in [-0.05, 0) is 12.8 Å². The highest BCUT2D eigenvalue weighted by atomic mass is 31.2. The number of rotatable bonds is 4. The number of aromatic amines is 1. The summed E-state index contributed by atoms with van der Waals surface area (Å²) < 4.78 is 61.3. The number of aliphatic hydroxyl groups excluding tert-OH is 2. The highest BCUT2D eigenvalue weighted by molar-refractivity contribution is 7.47. The minimum Gasteiger partial charge on any atom is -0.387 e. The minimum atomic E-state index is -5.08. The highest BCUT2D eigenvalue weighted by Gasteiger charge is 2.54. The molecule has 0 radical (unpaired) electrons. The molecule has 0 spiro atoms. The summed E-state index contributed by atoms with van der Waals surface area (Å²) in [5, 5.41) is 22.2. The van der Waals surface area contributed by atoms with E-state index in [1.807, 2.05) is 0 Å². The topological polar surface area (TPSA) is 290 Å². The number of nitrogens with one attached hydrogen (secondary N) is 1. The lowest BCUT2D eigenvalue weighted by atomic mass is 10.1. The number of phosphoric ester groups is 2. The number of aliphatic hydroxyl groups is 2. The fraction of sp³-hybridized carbons (Fsp3) is 0.500. The van der Waals surface area contributed by atoms with Crippen LogP contribution in [0.5, 0.6) is 0 Å². The summed E-state index contributed by atoms with van der Waals surface area (Å²) in [4.78, 5) is 51.8. The molecule has 244 valence electrons. The molecule has 0 amide bonds. The molecule has 0 aromatic carbocycles. The van der Waals surface area contributed by atoms with Gasteiger partial charge in [0, 0.05) is 13.2 Å². The van der Waals surface area contributed by atoms with E-state index in [0.717, 1.165) is 0 Å². The van der Waals surface area contributed by atoms with Crippen molar-refractivity contribution in [2.75, 3.05) is 20.3 Å². The maximum absolute atomic E-state index is 13.2. The van der Waals surface area contributed by atoms with Gasteiger partial charge in [-0.15, -0.1) is 0 Å². The molecular weight excluding hydrogens is 646 g/mol. The van der Waals surface area contributed by atoms with Crippen molar-refractivity contribution in [1.82, 2.24) is 24.1 Å². The Hall–Kier alpha value is -3.17. The number of fused-ring (bicyclic) bond motifs is 4. The number of aromatic nitrogens is 5. The number of phosphoric acid groups is 2. The molecule has 7 N–H and O–H groups in total. The molecular formula is C22H28N8O13P2. The van der Waals surface area contributed by atoms with Crippen LogP contribution in [0.2, 0.25) is 0 Å². The average molecular weight is 674 g/mol. The Morgan fingerprint density at radius 3 is 2.36 bits per heavy atom. The van der Waals surface area contributed by atoms with Crippen LogP contribution in [0, 0.1) is 0 Å². The van der Waals surface area contributed by atoms with E-state index in [9.17, 15) is 33.9 Å². The van der Waals surface area contributed by atoms with Gasteiger partial charge in [-0.3, -0.25) is 32.4 Å². The van der Waals surface area contributed by atoms with Gasteiger partial charge in [0.1, 0.15) is 48.2 Å². The van der Waals surface area contributed by atoms with Gasteiger partial charge >= 0.3 is 15.6 Å². The van der Waals surface area contributed by atoms with Gasteiger partial charge in [0.25, 0.3) is 5.56 Å². The van der Waals surface area contributed by atoms with Gasteiger partial charge in [-0.2, -0.15) is 0 Å². The van der Waals surface area contributed by atoms with E-state index in [-0.39, 0.29) is 28.4 Å². The molecule has 3 saturated heterocycles. The first-order valence-electron chi connectivity index (χ1n) is 13.1. The van der Waals surface area contributed by atoms with Gasteiger partial charge in [-0.25, -0.2) is 24.1 Å². The number of amidine groups is 1. The van der Waals surface area contributed by atoms with Gasteiger partial charge < -0.3 is 44.8 Å². The van der Waals surface area contributed by atoms with Crippen LogP contribution in [0.3, 0.4) is 0 Å². The Morgan fingerprint density at radius 1 is 1.02 bits per heavy atom. The SMILES string of the molecule is C=Nc1c(/C(N)=N\C)ncn1[C@@H]1O[C@@H]2COP(=O)(O)O[C@@H]3[C@H](O)[C@@H](COP(=O)(O)O[C@H]2[C@H]1O)O[C@H]3n1cnc2c(=O)[nH]ccc21. The van der Waals surface area contributed by atoms with E-state index >= 15 is 0 Å². The molecule has 2 bridgehead atoms. The second kappa shape index (κ2) is 11.9. The lowest BCUT2D eigenvalue weighted by molar-refractivity contribution is -0.0673. The van der Waals surface area contributed by atoms with Gasteiger partial charge in [0.2, 0.25) is 0 Å². The van der Waals surface area contributed by atoms with Crippen LogP contribution in [0.25, 0.3) is 11.0 Å². The van der Waals surface area contributed by atoms with Crippen molar-refractivity contribution in [2.45, 2.75) is 49.1 Å². The third-order valence-electron chi connectivity index (χ3n) is 7.39. The second-order valence-corrected chi connectivity index (χ2v) is 12.9. The predicted octanol–water partition coefficient (Wildman–Crippen LogP) is -1.18. The largest absolute Gasteiger partial charge is 0.472 e. The van der Waals surface area contributed by atoms with E-state index in [4.69, 9.17) is 33.3 Å². The summed E-state index contributed by atoms with van der Waals surface area (Å²) in [6, 6.07) is 1.47. The lowest BCUT2D eigenvalue weighted by Crippen LogP contribution is -2.36. The molecule has 6 heterocycles. The molecule has 0 saturated carbocycles. The lowest BCUT2D eigenvalue weighted by Gasteiger charge is -2.26. The first-order valence-corrected chi connectivity index (χ1v) is 16.1. The van der Waals surface area contributed by atoms with E-state index in [1.54, 1.807) is 0 Å². The third kappa shape index (κ3) is 5.82. The van der Waals surface area contributed by atoms with E-state index < -0.39 is 83.5 Å². The molecule has 3 aliphatic rings. The number of nitrogens with two attached hydrogens (primary N) is 1. The number of ether oxygens (including phenoxy) is 2. The van der Waals surface area contributed by atoms with Crippen molar-refractivity contribution in [3.05, 3.63) is 41.0 Å². The molecule has 3 aromatic rings. The van der Waals surface area contributed by atoms with E-state index in [2.05, 4.69) is 31.7 Å². The normalized spacial score (nSPS) is 37.9. The Labute approximate surface area is 252 Å². The maximum atomic E-state index is 13.2. The molecule has 21 nitrogen and oxygen atoms in total. The summed E-state index contributed by atoms with van der Waals surface area (Å²) in [6.45, 7) is 1.86. The highest BCUT2D eigenvalue weighted by Crippen LogP contribution is 2.53. The molecule has 2 unspecified atom stereocenters. The summed E-state index contributed by atoms with van der Waals surface area (Å²) in [5.74, 6) is 0.0180. The number of pyridine rings is 1. The Kier molecular flexibility index (Phi) is 8.40. The molecule has 23 heteroatoms. The van der Waals surface area contributed by atoms with Gasteiger partial charge in [0.15, 0.2) is 23.8 Å². The van der Waals surface area contributed by atoms with Crippen molar-refractivity contribution in [3.8, 4) is 0 Å². The van der Waals surface area contributed by atoms with Crippen LogP contribution in [0.4, 0.5) is 5.82 Å². The van der Waals surface area contributed by atoms with Crippen molar-refractivity contribution in [1.29, 1.82) is 0 Å². The van der Waals surface area contributed by atoms with E-state index in [1.165, 1.54) is 41.1 Å². The Balaban J connectivity index is 1.31. The van der Waals surface area contributed by atoms with Crippen molar-refractivity contribution >= 4 is 45.0 Å². The standard InChI is InChI=1S/C22H28N8O13P2/c1-24-18(23)13-19(25-2)30(8-28-13)21-15(32)16-11(41-21)6-39-45(36,37)43-17-14(31)10(5-38-44(34,35)42-16)40-22(17)29-7-27-12-9(29)3-4-26-20(12)33/h3-4,7-8,10-11,14-17,21-22,31-32H,2,5-6H2,1H3,(H2,23,24)(H,26,33)(H,34,35)(H,36,37)/t10-,11-,14-,15-,16-,17-,21-,22-/m1/s1. The average Bonchev–Trinajstić information content (AvgIpc) is 3.75. The number of aliphatic imine (C=N–C) groups is 2. The fourth-order valence-electron chi connectivity index (χ4n) is 5.27. The van der Waals surface area contributed by atoms with Crippen LogP contribution >= 0.6 is 15.6 Å². The third-order valence-corrected chi connectivity index (χ3v) is 9.36. The monoisotopic (exact) mass is 674 g/mol. The Bertz CT molecular complexity index is 1790. The summed E-state index contributed by atoms with van der Waals surface area (Å²) >= 11 is 0. The number of imidazole rings is 2. The van der Waals surface area contributed by atoms with Crippen LogP contribution in [-0.2, 0) is 36.7 Å². The van der Waals surface area contributed by atoms with E-state index in [0.29, 0.717) is 0 Å². The molecule has 3 fully saturated rings. The van der Waals surface area contributed by atoms with Crippen molar-refractivity contribution < 1.29 is 56.7 Å². The fourth-order valence-corrected chi connectivity index (χ4v) is 7.17. The number of hydrogen-bond acceptors (Lipinski definition) is 15. The quantitative estimate of drug-likeness (QED) is 0.108. The molecule has 10 atom stereocenters. The first-order chi connectivity index (χ1) is 21.3. The van der Waals surface area contributed by atoms with Crippen LogP contribution < -0.4 is 11.3 Å². The maximum Gasteiger partial charge on any atom is 0.472 e. The van der Waals surface area contributed by atoms with Crippen molar-refractivity contribution in [3.63, 3.8) is 0 Å². The number of H-pyrrole nitrogens is 1. The summed E-state index contributed by atoms with van der Waals surface area (Å²) in [5.41, 5.74) is 5.66. The number of hydrogen-bond donors (Lipinski definition) is 6. The first kappa shape index (κ1) is 31.8. The zero-order valence-corrected chi connectivity index (χ0v) is 25.0. The zero-order valence-electron chi connectivity index (χ0n) is 23.2. The van der Waals surface area contributed by atoms with Gasteiger partial charge in [0.05, 0.1) is 31.4 Å². The smallest absolute Gasteiger partial charge is 0.387 e. The van der Waals surface area contributed by atoms with Crippen LogP contribution in [0.15, 0.2) is 39.7 Å². The predicted molar refractivity (Wildman–Crippen MR) is 150 cm³/mol. The zero-order chi connectivity index (χ0) is 32.3. The molecule has 3 aliphatic heterocycles. The molecule has 45 heavy (non-hydrogen) atoms. The second-order valence-electron chi connectivity index (χ2n) is 10.1. The minimum absolute atomic E-state index is 0.00200. The summed E-state index contributed by atoms with van der Waals surface area (Å²) in [7, 11) is -8.71. The van der Waals surface area contributed by atoms with Crippen LogP contribution in [0.1, 0.15) is 18.1 Å². The van der Waals surface area contributed by atoms with Gasteiger partial charge in [-0.1, -0.05) is 0 Å². The van der Waals surface area contributed by atoms with Crippen LogP contribution in [-0.4, -0.2) is 114 Å². The molecule has 0 aliphatic carbocycles. The molecule has 3 aromatic heterocycles. The Morgan fingerprint density at radius 2 is 1.67 bits per heavy atom. The number of nitrogens with zero attached hydrogens (tertiary/aromatic N) is 6.